The van der Waals surface area contributed by atoms with Gasteiger partial charge in [-0.1, -0.05) is 19.9 Å². The Morgan fingerprint density at radius 1 is 1.41 bits per heavy atom. The summed E-state index contributed by atoms with van der Waals surface area (Å²) < 4.78 is 5.49. The molecule has 7 nitrogen and oxygen atoms in total. The van der Waals surface area contributed by atoms with Crippen molar-refractivity contribution in [1.29, 1.82) is 0 Å². The van der Waals surface area contributed by atoms with Crippen molar-refractivity contribution in [3.63, 3.8) is 0 Å². The van der Waals surface area contributed by atoms with E-state index in [0.717, 1.165) is 19.2 Å². The SMILES string of the molecule is CCN(CC)CCOc1ccc(/C=C/C(=O)O)cc1[N+](=O)[O-]. The predicted molar refractivity (Wildman–Crippen MR) is 83.0 cm³/mol. The number of carboxylic acids is 1. The number of hydrogen-bond acceptors (Lipinski definition) is 5. The van der Waals surface area contributed by atoms with Gasteiger partial charge in [-0.05, 0) is 30.8 Å². The molecule has 0 heterocycles. The third-order valence-corrected chi connectivity index (χ3v) is 3.16. The van der Waals surface area contributed by atoms with Gasteiger partial charge in [0.15, 0.2) is 5.75 Å². The Balaban J connectivity index is 2.82. The number of hydrogen-bond donors (Lipinski definition) is 1. The van der Waals surface area contributed by atoms with Crippen LogP contribution in [0.2, 0.25) is 0 Å². The molecular formula is C15H20N2O5. The van der Waals surface area contributed by atoms with Crippen LogP contribution in [0.15, 0.2) is 24.3 Å². The third-order valence-electron chi connectivity index (χ3n) is 3.16. The van der Waals surface area contributed by atoms with E-state index in [2.05, 4.69) is 4.90 Å². The molecule has 7 heteroatoms. The Hall–Kier alpha value is -2.41. The first-order valence-electron chi connectivity index (χ1n) is 7.02. The largest absolute Gasteiger partial charge is 0.485 e. The van der Waals surface area contributed by atoms with Crippen LogP contribution in [0.1, 0.15) is 19.4 Å². The first kappa shape index (κ1) is 17.6. The molecule has 0 amide bonds. The van der Waals surface area contributed by atoms with E-state index >= 15 is 0 Å². The predicted octanol–water partition coefficient (Wildman–Crippen LogP) is 2.41. The molecule has 0 saturated carbocycles. The summed E-state index contributed by atoms with van der Waals surface area (Å²) in [5, 5.41) is 19.7. The number of nitrogens with zero attached hydrogens (tertiary/aromatic N) is 2. The van der Waals surface area contributed by atoms with E-state index in [0.29, 0.717) is 18.7 Å². The van der Waals surface area contributed by atoms with Crippen molar-refractivity contribution in [2.24, 2.45) is 0 Å². The van der Waals surface area contributed by atoms with Gasteiger partial charge in [-0.15, -0.1) is 0 Å². The molecule has 0 aliphatic carbocycles. The Morgan fingerprint density at radius 3 is 2.64 bits per heavy atom. The van der Waals surface area contributed by atoms with Crippen molar-refractivity contribution < 1.29 is 19.6 Å². The minimum Gasteiger partial charge on any atom is -0.485 e. The fraction of sp³-hybridized carbons (Fsp3) is 0.400. The summed E-state index contributed by atoms with van der Waals surface area (Å²) in [7, 11) is 0. The Kier molecular flexibility index (Phi) is 7.04. The summed E-state index contributed by atoms with van der Waals surface area (Å²) in [6.07, 6.45) is 2.23. The average Bonchev–Trinajstić information content (AvgIpc) is 2.50. The molecule has 0 spiro atoms. The molecule has 22 heavy (non-hydrogen) atoms. The standard InChI is InChI=1S/C15H20N2O5/c1-3-16(4-2)9-10-22-14-7-5-12(6-8-15(18)19)11-13(14)17(20)21/h5-8,11H,3-4,9-10H2,1-2H3,(H,18,19)/b8-6+. The van der Waals surface area contributed by atoms with Crippen molar-refractivity contribution in [3.8, 4) is 5.75 Å². The molecule has 0 bridgehead atoms. The van der Waals surface area contributed by atoms with Crippen LogP contribution in [-0.4, -0.2) is 47.1 Å². The lowest BCUT2D eigenvalue weighted by atomic mass is 10.1. The summed E-state index contributed by atoms with van der Waals surface area (Å²) in [6, 6.07) is 4.37. The van der Waals surface area contributed by atoms with E-state index in [1.807, 2.05) is 13.8 Å². The minimum atomic E-state index is -1.11. The van der Waals surface area contributed by atoms with E-state index in [4.69, 9.17) is 9.84 Å². The lowest BCUT2D eigenvalue weighted by Crippen LogP contribution is -2.28. The van der Waals surface area contributed by atoms with Crippen LogP contribution < -0.4 is 4.74 Å². The van der Waals surface area contributed by atoms with E-state index in [1.54, 1.807) is 6.07 Å². The second kappa shape index (κ2) is 8.78. The highest BCUT2D eigenvalue weighted by atomic mass is 16.6. The van der Waals surface area contributed by atoms with Crippen LogP contribution >= 0.6 is 0 Å². The fourth-order valence-corrected chi connectivity index (χ4v) is 1.89. The highest BCUT2D eigenvalue weighted by Gasteiger charge is 2.15. The Labute approximate surface area is 129 Å². The molecule has 0 aliphatic rings. The number of aliphatic carboxylic acids is 1. The molecule has 120 valence electrons. The lowest BCUT2D eigenvalue weighted by Gasteiger charge is -2.17. The third kappa shape index (κ3) is 5.53. The van der Waals surface area contributed by atoms with Gasteiger partial charge >= 0.3 is 11.7 Å². The Morgan fingerprint density at radius 2 is 2.09 bits per heavy atom. The molecule has 0 aromatic heterocycles. The maximum Gasteiger partial charge on any atom is 0.328 e. The van der Waals surface area contributed by atoms with Crippen LogP contribution in [0.3, 0.4) is 0 Å². The van der Waals surface area contributed by atoms with Gasteiger partial charge in [-0.25, -0.2) is 4.79 Å². The van der Waals surface area contributed by atoms with Gasteiger partial charge in [-0.2, -0.15) is 0 Å². The summed E-state index contributed by atoms with van der Waals surface area (Å²) in [6.45, 7) is 6.89. The Bertz CT molecular complexity index is 553. The fourth-order valence-electron chi connectivity index (χ4n) is 1.89. The zero-order valence-electron chi connectivity index (χ0n) is 12.7. The zero-order chi connectivity index (χ0) is 16.5. The van der Waals surface area contributed by atoms with E-state index < -0.39 is 10.9 Å². The van der Waals surface area contributed by atoms with Crippen molar-refractivity contribution in [3.05, 3.63) is 40.0 Å². The summed E-state index contributed by atoms with van der Waals surface area (Å²) in [4.78, 5) is 23.2. The normalized spacial score (nSPS) is 11.0. The maximum atomic E-state index is 11.1. The summed E-state index contributed by atoms with van der Waals surface area (Å²) >= 11 is 0. The average molecular weight is 308 g/mol. The number of carbonyl (C=O) groups is 1. The number of benzene rings is 1. The number of nitro groups is 1. The molecule has 1 rings (SSSR count). The highest BCUT2D eigenvalue weighted by molar-refractivity contribution is 5.85. The molecule has 1 aromatic rings. The molecular weight excluding hydrogens is 288 g/mol. The van der Waals surface area contributed by atoms with Crippen molar-refractivity contribution >= 4 is 17.7 Å². The summed E-state index contributed by atoms with van der Waals surface area (Å²) in [5.41, 5.74) is 0.261. The van der Waals surface area contributed by atoms with Crippen molar-refractivity contribution in [2.75, 3.05) is 26.2 Å². The molecule has 1 N–H and O–H groups in total. The zero-order valence-corrected chi connectivity index (χ0v) is 12.7. The molecule has 0 saturated heterocycles. The van der Waals surface area contributed by atoms with Crippen LogP contribution in [0.4, 0.5) is 5.69 Å². The molecule has 1 aromatic carbocycles. The molecule has 0 aliphatic heterocycles. The van der Waals surface area contributed by atoms with Gasteiger partial charge in [0.05, 0.1) is 4.92 Å². The summed E-state index contributed by atoms with van der Waals surface area (Å²) in [5.74, 6) is -0.924. The van der Waals surface area contributed by atoms with Gasteiger partial charge in [-0.3, -0.25) is 10.1 Å². The molecule has 0 radical (unpaired) electrons. The number of ether oxygens (including phenoxy) is 1. The number of nitro benzene ring substituents is 1. The number of carboxylic acid groups (broad SMARTS) is 1. The highest BCUT2D eigenvalue weighted by Crippen LogP contribution is 2.28. The van der Waals surface area contributed by atoms with E-state index in [9.17, 15) is 14.9 Å². The quantitative estimate of drug-likeness (QED) is 0.428. The van der Waals surface area contributed by atoms with Crippen LogP contribution in [-0.2, 0) is 4.79 Å². The van der Waals surface area contributed by atoms with E-state index in [1.165, 1.54) is 18.2 Å². The molecule has 0 atom stereocenters. The topological polar surface area (TPSA) is 92.9 Å². The van der Waals surface area contributed by atoms with Gasteiger partial charge < -0.3 is 14.7 Å². The monoisotopic (exact) mass is 308 g/mol. The second-order valence-electron chi connectivity index (χ2n) is 4.53. The van der Waals surface area contributed by atoms with Gasteiger partial charge in [0, 0.05) is 18.7 Å². The van der Waals surface area contributed by atoms with Crippen molar-refractivity contribution in [2.45, 2.75) is 13.8 Å². The van der Waals surface area contributed by atoms with Crippen LogP contribution in [0, 0.1) is 10.1 Å². The number of rotatable bonds is 9. The van der Waals surface area contributed by atoms with Crippen LogP contribution in [0.5, 0.6) is 5.75 Å². The first-order valence-corrected chi connectivity index (χ1v) is 7.02. The van der Waals surface area contributed by atoms with Gasteiger partial charge in [0.25, 0.3) is 0 Å². The number of likely N-dealkylation sites (N-methyl/N-ethyl adjacent to an activating group) is 1. The lowest BCUT2D eigenvalue weighted by molar-refractivity contribution is -0.385. The maximum absolute atomic E-state index is 11.1. The second-order valence-corrected chi connectivity index (χ2v) is 4.53. The van der Waals surface area contributed by atoms with Gasteiger partial charge in [0.2, 0.25) is 0 Å². The molecule has 0 unspecified atom stereocenters. The first-order chi connectivity index (χ1) is 10.5. The molecule has 0 fully saturated rings. The van der Waals surface area contributed by atoms with E-state index in [-0.39, 0.29) is 11.4 Å². The van der Waals surface area contributed by atoms with Gasteiger partial charge in [0.1, 0.15) is 6.61 Å². The smallest absolute Gasteiger partial charge is 0.328 e. The minimum absolute atomic E-state index is 0.174. The van der Waals surface area contributed by atoms with Crippen LogP contribution in [0.25, 0.3) is 6.08 Å². The van der Waals surface area contributed by atoms with Crippen molar-refractivity contribution in [1.82, 2.24) is 4.90 Å².